The largest absolute Gasteiger partial charge is 0.321 e. The van der Waals surface area contributed by atoms with Crippen LogP contribution in [0.25, 0.3) is 10.2 Å². The van der Waals surface area contributed by atoms with Gasteiger partial charge in [-0.05, 0) is 74.6 Å². The van der Waals surface area contributed by atoms with E-state index in [0.717, 1.165) is 52.2 Å². The third-order valence-electron chi connectivity index (χ3n) is 6.66. The van der Waals surface area contributed by atoms with Gasteiger partial charge in [-0.15, -0.1) is 11.3 Å². The SMILES string of the molecule is Cc1nc(C2CC2)nc2sc(C(=O)Nc3ccc(C(=O)N4CCc5ccccc54)cc3)c(C)c12. The van der Waals surface area contributed by atoms with Gasteiger partial charge < -0.3 is 10.2 Å². The molecule has 1 fully saturated rings. The van der Waals surface area contributed by atoms with Crippen molar-refractivity contribution in [2.24, 2.45) is 0 Å². The van der Waals surface area contributed by atoms with Crippen LogP contribution in [-0.2, 0) is 6.42 Å². The first-order chi connectivity index (χ1) is 16.5. The highest BCUT2D eigenvalue weighted by molar-refractivity contribution is 7.20. The summed E-state index contributed by atoms with van der Waals surface area (Å²) in [5.41, 5.74) is 5.28. The predicted molar refractivity (Wildman–Crippen MR) is 135 cm³/mol. The summed E-state index contributed by atoms with van der Waals surface area (Å²) in [5.74, 6) is 1.18. The summed E-state index contributed by atoms with van der Waals surface area (Å²) in [4.78, 5) is 38.9. The van der Waals surface area contributed by atoms with Crippen molar-refractivity contribution in [3.8, 4) is 0 Å². The van der Waals surface area contributed by atoms with Gasteiger partial charge in [0.1, 0.15) is 10.7 Å². The second-order valence-electron chi connectivity index (χ2n) is 9.04. The van der Waals surface area contributed by atoms with E-state index in [9.17, 15) is 9.59 Å². The van der Waals surface area contributed by atoms with Crippen LogP contribution in [0, 0.1) is 13.8 Å². The standard InChI is InChI=1S/C27H24N4O2S/c1-15-22-16(2)28-24(18-7-8-18)30-26(22)34-23(15)25(32)29-20-11-9-19(10-12-20)27(33)31-14-13-17-5-3-4-6-21(17)31/h3-6,9-12,18H,7-8,13-14H2,1-2H3,(H,29,32). The number of benzene rings is 2. The summed E-state index contributed by atoms with van der Waals surface area (Å²) in [6.07, 6.45) is 3.16. The maximum absolute atomic E-state index is 13.1. The molecule has 2 aliphatic rings. The van der Waals surface area contributed by atoms with Crippen LogP contribution < -0.4 is 10.2 Å². The van der Waals surface area contributed by atoms with E-state index in [1.807, 2.05) is 36.9 Å². The van der Waals surface area contributed by atoms with Crippen LogP contribution in [0.5, 0.6) is 0 Å². The Balaban J connectivity index is 1.21. The van der Waals surface area contributed by atoms with Gasteiger partial charge in [0.15, 0.2) is 0 Å². The van der Waals surface area contributed by atoms with E-state index in [1.165, 1.54) is 16.9 Å². The van der Waals surface area contributed by atoms with Gasteiger partial charge in [0.05, 0.1) is 10.6 Å². The zero-order valence-corrected chi connectivity index (χ0v) is 19.9. The van der Waals surface area contributed by atoms with Crippen molar-refractivity contribution >= 4 is 44.7 Å². The molecule has 4 aromatic rings. The molecule has 0 radical (unpaired) electrons. The molecule has 3 heterocycles. The number of hydrogen-bond donors (Lipinski definition) is 1. The van der Waals surface area contributed by atoms with Crippen LogP contribution in [0.3, 0.4) is 0 Å². The molecule has 34 heavy (non-hydrogen) atoms. The van der Waals surface area contributed by atoms with Crippen molar-refractivity contribution in [2.75, 3.05) is 16.8 Å². The molecule has 1 saturated carbocycles. The van der Waals surface area contributed by atoms with E-state index in [0.29, 0.717) is 28.6 Å². The molecular weight excluding hydrogens is 444 g/mol. The second kappa shape index (κ2) is 8.02. The Hall–Kier alpha value is -3.58. The molecule has 2 aromatic heterocycles. The molecule has 170 valence electrons. The number of para-hydroxylation sites is 1. The lowest BCUT2D eigenvalue weighted by molar-refractivity contribution is 0.0988. The number of nitrogens with one attached hydrogen (secondary N) is 1. The zero-order chi connectivity index (χ0) is 23.4. The Kier molecular flexibility index (Phi) is 4.95. The molecular formula is C27H24N4O2S. The Morgan fingerprint density at radius 2 is 1.79 bits per heavy atom. The molecule has 1 aliphatic carbocycles. The first-order valence-corrected chi connectivity index (χ1v) is 12.4. The minimum absolute atomic E-state index is 0.0244. The summed E-state index contributed by atoms with van der Waals surface area (Å²) in [7, 11) is 0. The van der Waals surface area contributed by atoms with Crippen molar-refractivity contribution < 1.29 is 9.59 Å². The monoisotopic (exact) mass is 468 g/mol. The number of amides is 2. The Morgan fingerprint density at radius 1 is 1.03 bits per heavy atom. The van der Waals surface area contributed by atoms with Gasteiger partial charge in [-0.25, -0.2) is 9.97 Å². The van der Waals surface area contributed by atoms with Crippen molar-refractivity contribution in [1.29, 1.82) is 0 Å². The van der Waals surface area contributed by atoms with E-state index in [1.54, 1.807) is 24.3 Å². The minimum Gasteiger partial charge on any atom is -0.321 e. The Bertz CT molecular complexity index is 1450. The van der Waals surface area contributed by atoms with E-state index in [4.69, 9.17) is 4.98 Å². The molecule has 1 N–H and O–H groups in total. The quantitative estimate of drug-likeness (QED) is 0.421. The average Bonchev–Trinajstić information content (AvgIpc) is 3.52. The summed E-state index contributed by atoms with van der Waals surface area (Å²) in [5, 5.41) is 3.96. The fourth-order valence-electron chi connectivity index (χ4n) is 4.69. The van der Waals surface area contributed by atoms with E-state index in [-0.39, 0.29) is 11.8 Å². The normalized spacial score (nSPS) is 14.9. The molecule has 0 atom stereocenters. The summed E-state index contributed by atoms with van der Waals surface area (Å²) in [6, 6.07) is 15.1. The minimum atomic E-state index is -0.166. The number of anilines is 2. The molecule has 0 bridgehead atoms. The van der Waals surface area contributed by atoms with Crippen molar-refractivity contribution in [3.63, 3.8) is 0 Å². The fraction of sp³-hybridized carbons (Fsp3) is 0.259. The smallest absolute Gasteiger partial charge is 0.266 e. The Morgan fingerprint density at radius 3 is 2.56 bits per heavy atom. The number of thiophene rings is 1. The molecule has 2 amide bonds. The number of rotatable bonds is 4. The maximum Gasteiger partial charge on any atom is 0.266 e. The van der Waals surface area contributed by atoms with Gasteiger partial charge in [0, 0.05) is 34.8 Å². The third kappa shape index (κ3) is 3.56. The average molecular weight is 469 g/mol. The number of fused-ring (bicyclic) bond motifs is 2. The summed E-state index contributed by atoms with van der Waals surface area (Å²) >= 11 is 1.42. The van der Waals surface area contributed by atoms with Gasteiger partial charge in [-0.2, -0.15) is 0 Å². The molecule has 2 aromatic carbocycles. The molecule has 6 rings (SSSR count). The lowest BCUT2D eigenvalue weighted by atomic mass is 10.1. The maximum atomic E-state index is 13.1. The van der Waals surface area contributed by atoms with Gasteiger partial charge in [0.2, 0.25) is 0 Å². The number of hydrogen-bond acceptors (Lipinski definition) is 5. The summed E-state index contributed by atoms with van der Waals surface area (Å²) in [6.45, 7) is 4.63. The topological polar surface area (TPSA) is 75.2 Å². The number of aromatic nitrogens is 2. The highest BCUT2D eigenvalue weighted by atomic mass is 32.1. The first-order valence-electron chi connectivity index (χ1n) is 11.6. The number of aryl methyl sites for hydroxylation is 2. The van der Waals surface area contributed by atoms with Gasteiger partial charge in [0.25, 0.3) is 11.8 Å². The summed E-state index contributed by atoms with van der Waals surface area (Å²) < 4.78 is 0. The number of carbonyl (C=O) groups excluding carboxylic acids is 2. The van der Waals surface area contributed by atoms with Gasteiger partial charge in [-0.1, -0.05) is 18.2 Å². The molecule has 0 unspecified atom stereocenters. The van der Waals surface area contributed by atoms with Crippen LogP contribution >= 0.6 is 11.3 Å². The zero-order valence-electron chi connectivity index (χ0n) is 19.1. The lowest BCUT2D eigenvalue weighted by Crippen LogP contribution is -2.28. The van der Waals surface area contributed by atoms with Crippen LogP contribution in [0.15, 0.2) is 48.5 Å². The lowest BCUT2D eigenvalue weighted by Gasteiger charge is -2.17. The fourth-order valence-corrected chi connectivity index (χ4v) is 5.82. The van der Waals surface area contributed by atoms with Crippen molar-refractivity contribution in [3.05, 3.63) is 81.6 Å². The van der Waals surface area contributed by atoms with Crippen molar-refractivity contribution in [1.82, 2.24) is 9.97 Å². The van der Waals surface area contributed by atoms with Crippen LogP contribution in [-0.4, -0.2) is 28.3 Å². The molecule has 0 saturated heterocycles. The van der Waals surface area contributed by atoms with Crippen LogP contribution in [0.4, 0.5) is 11.4 Å². The third-order valence-corrected chi connectivity index (χ3v) is 7.84. The molecule has 7 heteroatoms. The van der Waals surface area contributed by atoms with Crippen molar-refractivity contribution in [2.45, 2.75) is 39.0 Å². The first kappa shape index (κ1) is 21.0. The predicted octanol–water partition coefficient (Wildman–Crippen LogP) is 5.64. The highest BCUT2D eigenvalue weighted by Crippen LogP contribution is 2.40. The van der Waals surface area contributed by atoms with Crippen LogP contribution in [0.1, 0.15) is 61.4 Å². The van der Waals surface area contributed by atoms with Gasteiger partial charge >= 0.3 is 0 Å². The van der Waals surface area contributed by atoms with E-state index < -0.39 is 0 Å². The molecule has 0 spiro atoms. The highest BCUT2D eigenvalue weighted by Gasteiger charge is 2.29. The number of carbonyl (C=O) groups is 2. The molecule has 1 aliphatic heterocycles. The second-order valence-corrected chi connectivity index (χ2v) is 10.0. The van der Waals surface area contributed by atoms with Crippen LogP contribution in [0.2, 0.25) is 0 Å². The Labute approximate surface area is 201 Å². The molecule has 6 nitrogen and oxygen atoms in total. The van der Waals surface area contributed by atoms with E-state index in [2.05, 4.69) is 16.4 Å². The van der Waals surface area contributed by atoms with Gasteiger partial charge in [-0.3, -0.25) is 9.59 Å². The number of nitrogens with zero attached hydrogens (tertiary/aromatic N) is 3. The van der Waals surface area contributed by atoms with E-state index >= 15 is 0 Å².